The molecule has 0 aromatic heterocycles. The van der Waals surface area contributed by atoms with Crippen molar-refractivity contribution < 1.29 is 9.18 Å². The van der Waals surface area contributed by atoms with Crippen LogP contribution in [0.3, 0.4) is 0 Å². The summed E-state index contributed by atoms with van der Waals surface area (Å²) in [5, 5.41) is 2.94. The number of amides is 1. The number of hydrogen-bond acceptors (Lipinski definition) is 2. The normalized spacial score (nSPS) is 10.6. The topological polar surface area (TPSA) is 32.3 Å². The van der Waals surface area contributed by atoms with Gasteiger partial charge in [-0.05, 0) is 31.9 Å². The Balaban J connectivity index is 3.06. The number of halogens is 1. The monoisotopic (exact) mass is 266 g/mol. The number of benzene rings is 1. The number of carbonyl (C=O) groups excluding carboxylic acids is 1. The molecule has 0 atom stereocenters. The van der Waals surface area contributed by atoms with E-state index in [-0.39, 0.29) is 11.7 Å². The van der Waals surface area contributed by atoms with Gasteiger partial charge in [0.15, 0.2) is 0 Å². The predicted octanol–water partition coefficient (Wildman–Crippen LogP) is 3.38. The first kappa shape index (κ1) is 15.5. The van der Waals surface area contributed by atoms with Crippen LogP contribution >= 0.6 is 0 Å². The second kappa shape index (κ2) is 7.12. The Morgan fingerprint density at radius 1 is 1.37 bits per heavy atom. The van der Waals surface area contributed by atoms with Gasteiger partial charge in [-0.15, -0.1) is 0 Å². The standard InChI is InChI=1S/C15H23FN2O/c1-5-17-14-12(8-7-9-13(14)16)15(19)18(6-2)10-11(3)4/h7-9,11,17H,5-6,10H2,1-4H3. The Morgan fingerprint density at radius 2 is 2.05 bits per heavy atom. The van der Waals surface area contributed by atoms with E-state index in [1.165, 1.54) is 6.07 Å². The van der Waals surface area contributed by atoms with Gasteiger partial charge in [0.25, 0.3) is 5.91 Å². The van der Waals surface area contributed by atoms with Crippen LogP contribution in [0.2, 0.25) is 0 Å². The number of carbonyl (C=O) groups is 1. The van der Waals surface area contributed by atoms with Crippen molar-refractivity contribution >= 4 is 11.6 Å². The highest BCUT2D eigenvalue weighted by molar-refractivity contribution is 5.99. The summed E-state index contributed by atoms with van der Waals surface area (Å²) in [5.41, 5.74) is 0.710. The van der Waals surface area contributed by atoms with Gasteiger partial charge < -0.3 is 10.2 Å². The molecule has 0 unspecified atom stereocenters. The Labute approximate surface area is 114 Å². The molecule has 1 rings (SSSR count). The zero-order valence-electron chi connectivity index (χ0n) is 12.2. The highest BCUT2D eigenvalue weighted by Crippen LogP contribution is 2.21. The number of anilines is 1. The van der Waals surface area contributed by atoms with E-state index < -0.39 is 0 Å². The minimum absolute atomic E-state index is 0.119. The van der Waals surface area contributed by atoms with E-state index in [2.05, 4.69) is 19.2 Å². The third-order valence-electron chi connectivity index (χ3n) is 2.85. The molecule has 0 radical (unpaired) electrons. The first-order valence-corrected chi connectivity index (χ1v) is 6.82. The molecule has 0 heterocycles. The molecule has 0 aliphatic rings. The average Bonchev–Trinajstić information content (AvgIpc) is 2.37. The zero-order chi connectivity index (χ0) is 14.4. The summed E-state index contributed by atoms with van der Waals surface area (Å²) < 4.78 is 13.8. The van der Waals surface area contributed by atoms with E-state index >= 15 is 0 Å². The summed E-state index contributed by atoms with van der Waals surface area (Å²) in [6.07, 6.45) is 0. The summed E-state index contributed by atoms with van der Waals surface area (Å²) in [6, 6.07) is 4.62. The van der Waals surface area contributed by atoms with E-state index in [1.54, 1.807) is 17.0 Å². The van der Waals surface area contributed by atoms with E-state index in [1.807, 2.05) is 13.8 Å². The van der Waals surface area contributed by atoms with Crippen LogP contribution in [0.4, 0.5) is 10.1 Å². The number of nitrogens with one attached hydrogen (secondary N) is 1. The molecule has 1 aromatic carbocycles. The molecule has 0 spiro atoms. The molecule has 1 N–H and O–H groups in total. The molecule has 0 aliphatic carbocycles. The summed E-state index contributed by atoms with van der Waals surface area (Å²) in [6.45, 7) is 9.83. The molecule has 4 heteroatoms. The summed E-state index contributed by atoms with van der Waals surface area (Å²) in [4.78, 5) is 14.2. The van der Waals surface area contributed by atoms with E-state index in [9.17, 15) is 9.18 Å². The van der Waals surface area contributed by atoms with Crippen molar-refractivity contribution in [2.75, 3.05) is 25.0 Å². The second-order valence-electron chi connectivity index (χ2n) is 4.93. The number of hydrogen-bond donors (Lipinski definition) is 1. The van der Waals surface area contributed by atoms with Crippen LogP contribution in [-0.2, 0) is 0 Å². The first-order valence-electron chi connectivity index (χ1n) is 6.82. The lowest BCUT2D eigenvalue weighted by Crippen LogP contribution is -2.34. The molecule has 1 amide bonds. The Bertz CT molecular complexity index is 432. The Morgan fingerprint density at radius 3 is 2.58 bits per heavy atom. The fourth-order valence-corrected chi connectivity index (χ4v) is 2.03. The molecule has 0 aliphatic heterocycles. The maximum atomic E-state index is 13.8. The van der Waals surface area contributed by atoms with Crippen LogP contribution in [0.5, 0.6) is 0 Å². The van der Waals surface area contributed by atoms with Gasteiger partial charge >= 0.3 is 0 Å². The number of rotatable bonds is 6. The van der Waals surface area contributed by atoms with Gasteiger partial charge in [0.2, 0.25) is 0 Å². The van der Waals surface area contributed by atoms with Crippen molar-refractivity contribution in [3.05, 3.63) is 29.6 Å². The second-order valence-corrected chi connectivity index (χ2v) is 4.93. The molecule has 3 nitrogen and oxygen atoms in total. The smallest absolute Gasteiger partial charge is 0.256 e. The third-order valence-corrected chi connectivity index (χ3v) is 2.85. The highest BCUT2D eigenvalue weighted by Gasteiger charge is 2.20. The summed E-state index contributed by atoms with van der Waals surface area (Å²) in [5.74, 6) is -0.111. The lowest BCUT2D eigenvalue weighted by atomic mass is 10.1. The van der Waals surface area contributed by atoms with Crippen LogP contribution in [-0.4, -0.2) is 30.4 Å². The van der Waals surface area contributed by atoms with Gasteiger partial charge in [-0.3, -0.25) is 4.79 Å². The van der Waals surface area contributed by atoms with Crippen molar-refractivity contribution in [1.29, 1.82) is 0 Å². The fourth-order valence-electron chi connectivity index (χ4n) is 2.03. The minimum Gasteiger partial charge on any atom is -0.382 e. The lowest BCUT2D eigenvalue weighted by molar-refractivity contribution is 0.0746. The van der Waals surface area contributed by atoms with Crippen molar-refractivity contribution in [2.45, 2.75) is 27.7 Å². The van der Waals surface area contributed by atoms with Crippen molar-refractivity contribution in [2.24, 2.45) is 5.92 Å². The van der Waals surface area contributed by atoms with Crippen LogP contribution in [0.15, 0.2) is 18.2 Å². The van der Waals surface area contributed by atoms with E-state index in [0.717, 1.165) is 0 Å². The van der Waals surface area contributed by atoms with E-state index in [0.29, 0.717) is 36.8 Å². The Hall–Kier alpha value is -1.58. The summed E-state index contributed by atoms with van der Waals surface area (Å²) >= 11 is 0. The van der Waals surface area contributed by atoms with Gasteiger partial charge in [0, 0.05) is 19.6 Å². The fraction of sp³-hybridized carbons (Fsp3) is 0.533. The molecular weight excluding hydrogens is 243 g/mol. The van der Waals surface area contributed by atoms with Crippen molar-refractivity contribution in [1.82, 2.24) is 4.90 Å². The maximum absolute atomic E-state index is 13.8. The maximum Gasteiger partial charge on any atom is 0.256 e. The van der Waals surface area contributed by atoms with Crippen LogP contribution in [0.1, 0.15) is 38.1 Å². The molecule has 1 aromatic rings. The molecule has 0 fully saturated rings. The largest absolute Gasteiger partial charge is 0.382 e. The predicted molar refractivity (Wildman–Crippen MR) is 77.0 cm³/mol. The van der Waals surface area contributed by atoms with Crippen molar-refractivity contribution in [3.63, 3.8) is 0 Å². The molecule has 0 saturated heterocycles. The van der Waals surface area contributed by atoms with Gasteiger partial charge in [-0.25, -0.2) is 4.39 Å². The van der Waals surface area contributed by atoms with Crippen LogP contribution in [0, 0.1) is 11.7 Å². The number of nitrogens with zero attached hydrogens (tertiary/aromatic N) is 1. The molecular formula is C15H23FN2O. The molecule has 0 bridgehead atoms. The van der Waals surface area contributed by atoms with E-state index in [4.69, 9.17) is 0 Å². The summed E-state index contributed by atoms with van der Waals surface area (Å²) in [7, 11) is 0. The van der Waals surface area contributed by atoms with Gasteiger partial charge in [0.05, 0.1) is 11.3 Å². The SMILES string of the molecule is CCNc1c(F)cccc1C(=O)N(CC)CC(C)C. The lowest BCUT2D eigenvalue weighted by Gasteiger charge is -2.24. The van der Waals surface area contributed by atoms with Crippen molar-refractivity contribution in [3.8, 4) is 0 Å². The molecule has 0 saturated carbocycles. The van der Waals surface area contributed by atoms with Gasteiger partial charge in [-0.2, -0.15) is 0 Å². The van der Waals surface area contributed by atoms with Gasteiger partial charge in [0.1, 0.15) is 5.82 Å². The van der Waals surface area contributed by atoms with Gasteiger partial charge in [-0.1, -0.05) is 19.9 Å². The quantitative estimate of drug-likeness (QED) is 0.856. The number of para-hydroxylation sites is 1. The molecule has 106 valence electrons. The highest BCUT2D eigenvalue weighted by atomic mass is 19.1. The minimum atomic E-state index is -0.381. The third kappa shape index (κ3) is 3.94. The average molecular weight is 266 g/mol. The van der Waals surface area contributed by atoms with Crippen LogP contribution in [0.25, 0.3) is 0 Å². The molecule has 19 heavy (non-hydrogen) atoms. The first-order chi connectivity index (χ1) is 9.01. The zero-order valence-corrected chi connectivity index (χ0v) is 12.2. The Kier molecular flexibility index (Phi) is 5.80. The van der Waals surface area contributed by atoms with Crippen LogP contribution < -0.4 is 5.32 Å².